The number of para-hydroxylation sites is 1. The van der Waals surface area contributed by atoms with Gasteiger partial charge >= 0.3 is 0 Å². The van der Waals surface area contributed by atoms with Crippen LogP contribution in [-0.4, -0.2) is 0 Å². The summed E-state index contributed by atoms with van der Waals surface area (Å²) in [5.74, 6) is 0. The van der Waals surface area contributed by atoms with Gasteiger partial charge in [0, 0.05) is 22.0 Å². The van der Waals surface area contributed by atoms with E-state index in [-0.39, 0.29) is 0 Å². The molecule has 1 aliphatic rings. The number of hydrogen-bond donors (Lipinski definition) is 0. The molecule has 2 heteroatoms. The van der Waals surface area contributed by atoms with Crippen LogP contribution in [0.3, 0.4) is 0 Å². The fourth-order valence-corrected chi connectivity index (χ4v) is 7.30. The molecule has 0 aliphatic heterocycles. The third-order valence-electron chi connectivity index (χ3n) is 9.00. The minimum absolute atomic E-state index is 0.435. The third-order valence-corrected chi connectivity index (χ3v) is 9.24. The van der Waals surface area contributed by atoms with E-state index in [1.165, 1.54) is 33.4 Å². The minimum atomic E-state index is -0.435. The van der Waals surface area contributed by atoms with Crippen molar-refractivity contribution in [2.24, 2.45) is 0 Å². The molecule has 0 radical (unpaired) electrons. The topological polar surface area (TPSA) is 3.24 Å². The maximum absolute atomic E-state index is 6.73. The molecule has 45 heavy (non-hydrogen) atoms. The van der Waals surface area contributed by atoms with Gasteiger partial charge in [0.2, 0.25) is 0 Å². The van der Waals surface area contributed by atoms with Crippen LogP contribution in [0.5, 0.6) is 0 Å². The molecule has 7 aromatic carbocycles. The van der Waals surface area contributed by atoms with E-state index >= 15 is 0 Å². The van der Waals surface area contributed by atoms with Crippen molar-refractivity contribution in [1.29, 1.82) is 0 Å². The summed E-state index contributed by atoms with van der Waals surface area (Å²) in [6, 6.07) is 65.0. The zero-order valence-corrected chi connectivity index (χ0v) is 25.4. The summed E-state index contributed by atoms with van der Waals surface area (Å²) in [6.45, 7) is 0. The Labute approximate surface area is 269 Å². The second-order valence-electron chi connectivity index (χ2n) is 11.5. The van der Waals surface area contributed by atoms with Crippen molar-refractivity contribution in [3.63, 3.8) is 0 Å². The molecule has 0 bridgehead atoms. The van der Waals surface area contributed by atoms with Gasteiger partial charge in [0.1, 0.15) is 0 Å². The Morgan fingerprint density at radius 2 is 0.956 bits per heavy atom. The molecule has 7 aromatic rings. The van der Waals surface area contributed by atoms with Crippen molar-refractivity contribution >= 4 is 28.7 Å². The van der Waals surface area contributed by atoms with Crippen LogP contribution in [-0.2, 0) is 5.41 Å². The van der Waals surface area contributed by atoms with Gasteiger partial charge in [-0.15, -0.1) is 0 Å². The lowest BCUT2D eigenvalue weighted by molar-refractivity contribution is 0.768. The Kier molecular flexibility index (Phi) is 6.82. The van der Waals surface area contributed by atoms with E-state index in [1.807, 2.05) is 6.07 Å². The lowest BCUT2D eigenvalue weighted by Crippen LogP contribution is -2.28. The Bertz CT molecular complexity index is 2070. The van der Waals surface area contributed by atoms with E-state index in [2.05, 4.69) is 181 Å². The number of rotatable bonds is 6. The predicted molar refractivity (Wildman–Crippen MR) is 189 cm³/mol. The molecule has 0 atom stereocenters. The van der Waals surface area contributed by atoms with E-state index < -0.39 is 5.41 Å². The van der Waals surface area contributed by atoms with Crippen molar-refractivity contribution in [3.05, 3.63) is 209 Å². The predicted octanol–water partition coefficient (Wildman–Crippen LogP) is 11.8. The number of benzene rings is 7. The summed E-state index contributed by atoms with van der Waals surface area (Å²) < 4.78 is 0. The molecule has 0 amide bonds. The first kappa shape index (κ1) is 27.2. The van der Waals surface area contributed by atoms with E-state index in [4.69, 9.17) is 11.6 Å². The maximum Gasteiger partial charge on any atom is 0.0713 e. The normalized spacial score (nSPS) is 12.7. The monoisotopic (exact) mass is 595 g/mol. The average molecular weight is 596 g/mol. The summed E-state index contributed by atoms with van der Waals surface area (Å²) >= 11 is 6.73. The first-order valence-corrected chi connectivity index (χ1v) is 15.7. The fraction of sp³-hybridized carbons (Fsp3) is 0.0233. The maximum atomic E-state index is 6.73. The molecule has 0 saturated heterocycles. The van der Waals surface area contributed by atoms with Crippen molar-refractivity contribution in [1.82, 2.24) is 0 Å². The molecule has 0 unspecified atom stereocenters. The molecule has 8 rings (SSSR count). The van der Waals surface area contributed by atoms with Gasteiger partial charge in [-0.25, -0.2) is 0 Å². The van der Waals surface area contributed by atoms with E-state index in [9.17, 15) is 0 Å². The highest BCUT2D eigenvalue weighted by molar-refractivity contribution is 6.31. The van der Waals surface area contributed by atoms with Crippen LogP contribution >= 0.6 is 11.6 Å². The van der Waals surface area contributed by atoms with Crippen LogP contribution in [0.1, 0.15) is 22.3 Å². The molecule has 1 nitrogen and oxygen atoms in total. The smallest absolute Gasteiger partial charge is 0.0713 e. The van der Waals surface area contributed by atoms with Gasteiger partial charge in [-0.2, -0.15) is 0 Å². The highest BCUT2D eigenvalue weighted by Gasteiger charge is 2.46. The largest absolute Gasteiger partial charge is 0.310 e. The molecular formula is C43H30ClN. The second-order valence-corrected chi connectivity index (χ2v) is 11.9. The Morgan fingerprint density at radius 3 is 1.62 bits per heavy atom. The lowest BCUT2D eigenvalue weighted by atomic mass is 9.68. The van der Waals surface area contributed by atoms with Crippen molar-refractivity contribution in [3.8, 4) is 22.3 Å². The molecule has 0 aromatic heterocycles. The molecule has 0 fully saturated rings. The lowest BCUT2D eigenvalue weighted by Gasteiger charge is -2.34. The fourth-order valence-electron chi connectivity index (χ4n) is 7.13. The average Bonchev–Trinajstić information content (AvgIpc) is 3.41. The van der Waals surface area contributed by atoms with E-state index in [0.717, 1.165) is 28.2 Å². The summed E-state index contributed by atoms with van der Waals surface area (Å²) in [4.78, 5) is 2.34. The Hall–Kier alpha value is -5.37. The standard InChI is InChI=1S/C43H30ClN/c44-34-25-27-37(31-15-5-1-6-16-31)42(29-34)45(35-21-11-4-12-22-35)36-26-28-41-39(30-36)38-23-13-14-24-40(38)43(41,32-17-7-2-8-18-32)33-19-9-3-10-20-33/h1-30H. The second kappa shape index (κ2) is 11.3. The minimum Gasteiger partial charge on any atom is -0.310 e. The zero-order valence-electron chi connectivity index (χ0n) is 24.6. The Balaban J connectivity index is 1.41. The first-order chi connectivity index (χ1) is 22.2. The molecule has 0 saturated carbocycles. The summed E-state index contributed by atoms with van der Waals surface area (Å²) in [5, 5.41) is 0.698. The van der Waals surface area contributed by atoms with Gasteiger partial charge in [-0.05, 0) is 75.3 Å². The van der Waals surface area contributed by atoms with Gasteiger partial charge in [0.15, 0.2) is 0 Å². The van der Waals surface area contributed by atoms with Crippen LogP contribution in [0.15, 0.2) is 182 Å². The SMILES string of the molecule is Clc1ccc(-c2ccccc2)c(N(c2ccccc2)c2ccc3c(c2)-c2ccccc2C3(c2ccccc2)c2ccccc2)c1. The van der Waals surface area contributed by atoms with E-state index in [0.29, 0.717) is 5.02 Å². The molecule has 0 N–H and O–H groups in total. The van der Waals surface area contributed by atoms with Gasteiger partial charge in [-0.3, -0.25) is 0 Å². The zero-order chi connectivity index (χ0) is 30.2. The first-order valence-electron chi connectivity index (χ1n) is 15.3. The van der Waals surface area contributed by atoms with Gasteiger partial charge < -0.3 is 4.90 Å². The quantitative estimate of drug-likeness (QED) is 0.185. The molecule has 0 heterocycles. The number of nitrogens with zero attached hydrogens (tertiary/aromatic N) is 1. The van der Waals surface area contributed by atoms with Crippen LogP contribution < -0.4 is 4.90 Å². The van der Waals surface area contributed by atoms with Gasteiger partial charge in [0.05, 0.1) is 11.1 Å². The third kappa shape index (κ3) is 4.47. The van der Waals surface area contributed by atoms with Gasteiger partial charge in [-0.1, -0.05) is 157 Å². The number of fused-ring (bicyclic) bond motifs is 3. The molecule has 0 spiro atoms. The summed E-state index contributed by atoms with van der Waals surface area (Å²) in [6.07, 6.45) is 0. The summed E-state index contributed by atoms with van der Waals surface area (Å²) in [5.41, 5.74) is 12.6. The molecular weight excluding hydrogens is 566 g/mol. The summed E-state index contributed by atoms with van der Waals surface area (Å²) in [7, 11) is 0. The van der Waals surface area contributed by atoms with Gasteiger partial charge in [0.25, 0.3) is 0 Å². The van der Waals surface area contributed by atoms with Crippen molar-refractivity contribution in [2.45, 2.75) is 5.41 Å². The number of hydrogen-bond acceptors (Lipinski definition) is 1. The van der Waals surface area contributed by atoms with Crippen molar-refractivity contribution < 1.29 is 0 Å². The molecule has 214 valence electrons. The van der Waals surface area contributed by atoms with Crippen LogP contribution in [0.2, 0.25) is 5.02 Å². The number of halogens is 1. The molecule has 1 aliphatic carbocycles. The van der Waals surface area contributed by atoms with Crippen LogP contribution in [0.25, 0.3) is 22.3 Å². The van der Waals surface area contributed by atoms with Crippen LogP contribution in [0.4, 0.5) is 17.1 Å². The highest BCUT2D eigenvalue weighted by atomic mass is 35.5. The van der Waals surface area contributed by atoms with Crippen molar-refractivity contribution in [2.75, 3.05) is 4.90 Å². The van der Waals surface area contributed by atoms with E-state index in [1.54, 1.807) is 0 Å². The Morgan fingerprint density at radius 1 is 0.400 bits per heavy atom. The number of anilines is 3. The highest BCUT2D eigenvalue weighted by Crippen LogP contribution is 2.57. The van der Waals surface area contributed by atoms with Crippen LogP contribution in [0, 0.1) is 0 Å².